The van der Waals surface area contributed by atoms with Crippen molar-refractivity contribution in [2.24, 2.45) is 12.5 Å². The molecule has 0 aliphatic heterocycles. The van der Waals surface area contributed by atoms with Gasteiger partial charge in [0.2, 0.25) is 0 Å². The minimum Gasteiger partial charge on any atom is -0.313 e. The Balaban J connectivity index is 2.12. The summed E-state index contributed by atoms with van der Waals surface area (Å²) in [6.07, 6.45) is 8.87. The van der Waals surface area contributed by atoms with Crippen molar-refractivity contribution in [3.05, 3.63) is 17.5 Å². The first-order valence-corrected chi connectivity index (χ1v) is 8.34. The molecule has 20 heavy (non-hydrogen) atoms. The molecular formula is C17H31N3. The van der Waals surface area contributed by atoms with Crippen LogP contribution in [0.2, 0.25) is 0 Å². The predicted molar refractivity (Wildman–Crippen MR) is 84.9 cm³/mol. The number of rotatable bonds is 7. The average Bonchev–Trinajstić information content (AvgIpc) is 3.02. The Morgan fingerprint density at radius 1 is 1.35 bits per heavy atom. The van der Waals surface area contributed by atoms with Crippen molar-refractivity contribution in [2.45, 2.75) is 71.8 Å². The van der Waals surface area contributed by atoms with Crippen LogP contribution in [0.3, 0.4) is 0 Å². The van der Waals surface area contributed by atoms with Crippen LogP contribution in [0.5, 0.6) is 0 Å². The normalized spacial score (nSPS) is 19.4. The third kappa shape index (κ3) is 3.43. The maximum Gasteiger partial charge on any atom is 0.0624 e. The second-order valence-corrected chi connectivity index (χ2v) is 6.68. The molecule has 1 aromatic rings. The molecule has 2 rings (SSSR count). The first-order valence-electron chi connectivity index (χ1n) is 8.34. The second kappa shape index (κ2) is 6.75. The zero-order chi connectivity index (χ0) is 14.6. The Morgan fingerprint density at radius 3 is 2.60 bits per heavy atom. The van der Waals surface area contributed by atoms with Gasteiger partial charge in [-0.25, -0.2) is 0 Å². The van der Waals surface area contributed by atoms with Crippen molar-refractivity contribution in [1.82, 2.24) is 15.1 Å². The molecule has 1 heterocycles. The van der Waals surface area contributed by atoms with Gasteiger partial charge in [-0.1, -0.05) is 33.6 Å². The molecule has 1 aliphatic carbocycles. The topological polar surface area (TPSA) is 29.9 Å². The van der Waals surface area contributed by atoms with Gasteiger partial charge < -0.3 is 5.32 Å². The SMILES string of the molecule is CCCNC(Cc1cc(CC)nn1C)C1(C)CCCC1. The summed E-state index contributed by atoms with van der Waals surface area (Å²) in [4.78, 5) is 0. The number of hydrogen-bond donors (Lipinski definition) is 1. The first-order chi connectivity index (χ1) is 9.59. The smallest absolute Gasteiger partial charge is 0.0624 e. The highest BCUT2D eigenvalue weighted by Crippen LogP contribution is 2.41. The van der Waals surface area contributed by atoms with Crippen LogP contribution in [-0.2, 0) is 19.9 Å². The van der Waals surface area contributed by atoms with E-state index in [0.717, 1.165) is 19.4 Å². The molecular weight excluding hydrogens is 246 g/mol. The Morgan fingerprint density at radius 2 is 2.05 bits per heavy atom. The number of aromatic nitrogens is 2. The van der Waals surface area contributed by atoms with E-state index >= 15 is 0 Å². The Kier molecular flexibility index (Phi) is 5.25. The Hall–Kier alpha value is -0.830. The highest BCUT2D eigenvalue weighted by atomic mass is 15.3. The molecule has 1 atom stereocenters. The molecule has 0 radical (unpaired) electrons. The third-order valence-corrected chi connectivity index (χ3v) is 5.03. The van der Waals surface area contributed by atoms with Crippen LogP contribution in [0.15, 0.2) is 6.07 Å². The summed E-state index contributed by atoms with van der Waals surface area (Å²) in [6, 6.07) is 2.88. The molecule has 0 saturated heterocycles. The van der Waals surface area contributed by atoms with Gasteiger partial charge in [-0.05, 0) is 43.7 Å². The van der Waals surface area contributed by atoms with Crippen molar-refractivity contribution in [3.63, 3.8) is 0 Å². The summed E-state index contributed by atoms with van der Waals surface area (Å²) in [5.74, 6) is 0. The lowest BCUT2D eigenvalue weighted by molar-refractivity contribution is 0.217. The van der Waals surface area contributed by atoms with Crippen molar-refractivity contribution >= 4 is 0 Å². The molecule has 1 fully saturated rings. The minimum atomic E-state index is 0.464. The molecule has 0 aromatic carbocycles. The standard InChI is InChI=1S/C17H31N3/c1-5-11-18-16(17(3)9-7-8-10-17)13-15-12-14(6-2)19-20(15)4/h12,16,18H,5-11,13H2,1-4H3. The van der Waals surface area contributed by atoms with Crippen LogP contribution in [0.1, 0.15) is 64.3 Å². The number of nitrogens with one attached hydrogen (secondary N) is 1. The zero-order valence-corrected chi connectivity index (χ0v) is 13.7. The van der Waals surface area contributed by atoms with E-state index in [1.54, 1.807) is 0 Å². The summed E-state index contributed by atoms with van der Waals surface area (Å²) < 4.78 is 2.08. The summed E-state index contributed by atoms with van der Waals surface area (Å²) in [6.45, 7) is 8.03. The van der Waals surface area contributed by atoms with Gasteiger partial charge in [-0.3, -0.25) is 4.68 Å². The molecule has 1 unspecified atom stereocenters. The third-order valence-electron chi connectivity index (χ3n) is 5.03. The molecule has 0 bridgehead atoms. The van der Waals surface area contributed by atoms with Gasteiger partial charge >= 0.3 is 0 Å². The van der Waals surface area contributed by atoms with Crippen LogP contribution in [0.25, 0.3) is 0 Å². The van der Waals surface area contributed by atoms with E-state index in [9.17, 15) is 0 Å². The lowest BCUT2D eigenvalue weighted by Gasteiger charge is -2.35. The van der Waals surface area contributed by atoms with Gasteiger partial charge in [0.05, 0.1) is 5.69 Å². The molecule has 114 valence electrons. The average molecular weight is 277 g/mol. The highest BCUT2D eigenvalue weighted by molar-refractivity contribution is 5.13. The van der Waals surface area contributed by atoms with E-state index in [-0.39, 0.29) is 0 Å². The van der Waals surface area contributed by atoms with Crippen molar-refractivity contribution < 1.29 is 0 Å². The van der Waals surface area contributed by atoms with Gasteiger partial charge in [-0.15, -0.1) is 0 Å². The van der Waals surface area contributed by atoms with Crippen LogP contribution >= 0.6 is 0 Å². The maximum absolute atomic E-state index is 4.60. The largest absolute Gasteiger partial charge is 0.313 e. The number of aryl methyl sites for hydroxylation is 2. The summed E-state index contributed by atoms with van der Waals surface area (Å²) in [5, 5.41) is 8.41. The minimum absolute atomic E-state index is 0.464. The monoisotopic (exact) mass is 277 g/mol. The Labute approximate surface area is 124 Å². The maximum atomic E-state index is 4.60. The van der Waals surface area contributed by atoms with Gasteiger partial charge in [0.15, 0.2) is 0 Å². The van der Waals surface area contributed by atoms with E-state index < -0.39 is 0 Å². The number of hydrogen-bond acceptors (Lipinski definition) is 2. The number of nitrogens with zero attached hydrogens (tertiary/aromatic N) is 2. The van der Waals surface area contributed by atoms with Gasteiger partial charge in [-0.2, -0.15) is 5.10 Å². The lowest BCUT2D eigenvalue weighted by atomic mass is 9.78. The quantitative estimate of drug-likeness (QED) is 0.827. The van der Waals surface area contributed by atoms with E-state index in [1.165, 1.54) is 43.5 Å². The van der Waals surface area contributed by atoms with Crippen LogP contribution < -0.4 is 5.32 Å². The van der Waals surface area contributed by atoms with E-state index in [0.29, 0.717) is 11.5 Å². The molecule has 1 aromatic heterocycles. The van der Waals surface area contributed by atoms with E-state index in [1.807, 2.05) is 0 Å². The van der Waals surface area contributed by atoms with Crippen LogP contribution in [0, 0.1) is 5.41 Å². The molecule has 3 heteroatoms. The molecule has 1 saturated carbocycles. The van der Waals surface area contributed by atoms with Crippen molar-refractivity contribution in [2.75, 3.05) is 6.54 Å². The van der Waals surface area contributed by atoms with E-state index in [2.05, 4.69) is 49.0 Å². The summed E-state index contributed by atoms with van der Waals surface area (Å²) >= 11 is 0. The highest BCUT2D eigenvalue weighted by Gasteiger charge is 2.36. The summed E-state index contributed by atoms with van der Waals surface area (Å²) in [5.41, 5.74) is 3.06. The Bertz CT molecular complexity index is 416. The molecule has 0 amide bonds. The van der Waals surface area contributed by atoms with Crippen LogP contribution in [-0.4, -0.2) is 22.4 Å². The lowest BCUT2D eigenvalue weighted by Crippen LogP contribution is -2.44. The summed E-state index contributed by atoms with van der Waals surface area (Å²) in [7, 11) is 2.09. The fraction of sp³-hybridized carbons (Fsp3) is 0.824. The van der Waals surface area contributed by atoms with Gasteiger partial charge in [0, 0.05) is 25.2 Å². The van der Waals surface area contributed by atoms with Crippen molar-refractivity contribution in [3.8, 4) is 0 Å². The zero-order valence-electron chi connectivity index (χ0n) is 13.7. The van der Waals surface area contributed by atoms with Gasteiger partial charge in [0.25, 0.3) is 0 Å². The molecule has 1 aliphatic rings. The fourth-order valence-electron chi connectivity index (χ4n) is 3.56. The van der Waals surface area contributed by atoms with E-state index in [4.69, 9.17) is 0 Å². The molecule has 1 N–H and O–H groups in total. The molecule has 3 nitrogen and oxygen atoms in total. The predicted octanol–water partition coefficient (Wildman–Crippen LogP) is 3.47. The second-order valence-electron chi connectivity index (χ2n) is 6.68. The fourth-order valence-corrected chi connectivity index (χ4v) is 3.56. The van der Waals surface area contributed by atoms with Gasteiger partial charge in [0.1, 0.15) is 0 Å². The van der Waals surface area contributed by atoms with Crippen LogP contribution in [0.4, 0.5) is 0 Å². The van der Waals surface area contributed by atoms with Crippen molar-refractivity contribution in [1.29, 1.82) is 0 Å². The molecule has 0 spiro atoms. The first kappa shape index (κ1) is 15.6.